The number of ether oxygens (including phenoxy) is 2. The Balaban J connectivity index is 3.71. The summed E-state index contributed by atoms with van der Waals surface area (Å²) in [6.45, 7) is 3.86. The van der Waals surface area contributed by atoms with Crippen molar-refractivity contribution < 1.29 is 24.2 Å². The van der Waals surface area contributed by atoms with Crippen molar-refractivity contribution in [2.24, 2.45) is 0 Å². The quantitative estimate of drug-likeness (QED) is 0.0373. The number of carbonyl (C=O) groups is 2. The van der Waals surface area contributed by atoms with Gasteiger partial charge >= 0.3 is 11.9 Å². The predicted molar refractivity (Wildman–Crippen MR) is 379 cm³/mol. The van der Waals surface area contributed by atoms with Gasteiger partial charge in [-0.2, -0.15) is 0 Å². The molecule has 0 spiro atoms. The first-order chi connectivity index (χ1) is 42.6. The topological polar surface area (TPSA) is 72.8 Å². The van der Waals surface area contributed by atoms with Gasteiger partial charge in [-0.05, 0) is 167 Å². The molecule has 0 saturated heterocycles. The minimum Gasteiger partial charge on any atom is -0.462 e. The van der Waals surface area contributed by atoms with Crippen LogP contribution in [0.5, 0.6) is 0 Å². The number of aliphatic hydroxyl groups is 1. The number of esters is 2. The summed E-state index contributed by atoms with van der Waals surface area (Å²) < 4.78 is 10.7. The van der Waals surface area contributed by atoms with E-state index in [9.17, 15) is 14.7 Å². The maximum Gasteiger partial charge on any atom is 0.306 e. The molecule has 0 aromatic heterocycles. The molecule has 0 aliphatic rings. The molecule has 0 aromatic carbocycles. The number of hydrogen-bond acceptors (Lipinski definition) is 5. The van der Waals surface area contributed by atoms with E-state index in [-0.39, 0.29) is 25.2 Å². The second-order valence-corrected chi connectivity index (χ2v) is 21.1. The van der Waals surface area contributed by atoms with Gasteiger partial charge in [-0.25, -0.2) is 0 Å². The molecule has 1 unspecified atom stereocenters. The second-order valence-electron chi connectivity index (χ2n) is 21.1. The summed E-state index contributed by atoms with van der Waals surface area (Å²) in [6, 6.07) is 0. The third-order valence-electron chi connectivity index (χ3n) is 13.1. The molecule has 0 radical (unpaired) electrons. The Hall–Kier alpha value is -6.30. The van der Waals surface area contributed by atoms with E-state index < -0.39 is 6.10 Å². The van der Waals surface area contributed by atoms with E-state index >= 15 is 0 Å². The molecule has 474 valence electrons. The molecule has 0 heterocycles. The fraction of sp³-hybridized carbons (Fsp3) is 0.481. The highest BCUT2D eigenvalue weighted by Gasteiger charge is 2.16. The molecule has 0 bridgehead atoms. The van der Waals surface area contributed by atoms with E-state index in [0.717, 1.165) is 205 Å². The zero-order chi connectivity index (χ0) is 61.9. The molecule has 0 aromatic rings. The van der Waals surface area contributed by atoms with Crippen molar-refractivity contribution in [2.75, 3.05) is 13.2 Å². The lowest BCUT2D eigenvalue weighted by Crippen LogP contribution is -2.28. The Morgan fingerprint density at radius 3 is 0.698 bits per heavy atom. The first kappa shape index (κ1) is 79.7. The highest BCUT2D eigenvalue weighted by molar-refractivity contribution is 5.70. The van der Waals surface area contributed by atoms with Gasteiger partial charge in [0, 0.05) is 12.8 Å². The van der Waals surface area contributed by atoms with Crippen LogP contribution < -0.4 is 0 Å². The van der Waals surface area contributed by atoms with Crippen LogP contribution in [0.4, 0.5) is 0 Å². The van der Waals surface area contributed by atoms with Crippen LogP contribution in [0.3, 0.4) is 0 Å². The van der Waals surface area contributed by atoms with Crippen molar-refractivity contribution >= 4 is 11.9 Å². The zero-order valence-corrected chi connectivity index (χ0v) is 54.2. The highest BCUT2D eigenvalue weighted by Crippen LogP contribution is 2.12. The minimum absolute atomic E-state index is 0.102. The molecule has 0 aliphatic heterocycles. The summed E-state index contributed by atoms with van der Waals surface area (Å²) >= 11 is 0. The molecule has 0 amide bonds. The van der Waals surface area contributed by atoms with Gasteiger partial charge in [0.25, 0.3) is 0 Å². The molecule has 1 N–H and O–H groups in total. The maximum atomic E-state index is 12.4. The summed E-state index contributed by atoms with van der Waals surface area (Å²) in [4.78, 5) is 24.6. The first-order valence-corrected chi connectivity index (χ1v) is 33.6. The van der Waals surface area contributed by atoms with Crippen molar-refractivity contribution in [2.45, 2.75) is 238 Å². The summed E-state index contributed by atoms with van der Waals surface area (Å²) in [6.07, 6.45) is 121. The predicted octanol–water partition coefficient (Wildman–Crippen LogP) is 23.9. The van der Waals surface area contributed by atoms with Gasteiger partial charge in [-0.1, -0.05) is 295 Å². The van der Waals surface area contributed by atoms with Crippen molar-refractivity contribution in [3.63, 3.8) is 0 Å². The molecule has 0 fully saturated rings. The molecule has 0 saturated carbocycles. The van der Waals surface area contributed by atoms with Gasteiger partial charge < -0.3 is 14.6 Å². The monoisotopic (exact) mass is 1170 g/mol. The van der Waals surface area contributed by atoms with Crippen molar-refractivity contribution in [3.05, 3.63) is 243 Å². The van der Waals surface area contributed by atoms with Crippen molar-refractivity contribution in [1.29, 1.82) is 0 Å². The standard InChI is InChI=1S/C81H120O5/c1-3-5-7-9-11-13-15-17-19-21-23-25-27-29-31-33-35-37-38-39-40-41-42-44-46-48-50-52-54-56-58-60-62-64-66-68-70-72-74-76-81(84)86-79(77-82)78-85-80(83)75-73-71-69-67-65-63-61-59-57-55-53-51-49-47-45-43-36-34-32-30-28-26-24-22-20-18-16-14-12-10-8-6-4-2/h5-8,11-14,17-20,23-26,29-32,35-37,39-40,42-44,47-50,53-56,59-62,79,82H,3-4,9-10,15-16,21-22,27-28,33-34,38,41,45-46,51-52,57-58,63-78H2,1-2H3/b7-5-,8-6-,13-11-,14-12-,19-17-,20-18-,25-23-,26-24-,31-29-,32-30-,37-35-,40-39-,43-36-,44-42-,49-47-,50-48-,55-53-,56-54-,61-59-,62-60-. The third-order valence-corrected chi connectivity index (χ3v) is 13.1. The van der Waals surface area contributed by atoms with E-state index in [1.54, 1.807) is 0 Å². The average molecular weight is 1170 g/mol. The normalized spacial score (nSPS) is 13.8. The Bertz CT molecular complexity index is 2160. The SMILES string of the molecule is CC/C=C\C/C=C\C/C=C\C/C=C\C/C=C\C/C=C\C/C=C\C/C=C\C/C=C\C/C=C\C/C=C\CCCCCCCC(=O)OC(CO)COC(=O)CCCCCCC/C=C\C/C=C\C/C=C\C/C=C\C/C=C\C/C=C\C/C=C\C/C=C\C/C=C\CC. The van der Waals surface area contributed by atoms with Crippen LogP contribution in [0.15, 0.2) is 243 Å². The van der Waals surface area contributed by atoms with Gasteiger partial charge in [0.1, 0.15) is 6.61 Å². The molecule has 0 rings (SSSR count). The third kappa shape index (κ3) is 70.2. The van der Waals surface area contributed by atoms with Crippen LogP contribution in [0.2, 0.25) is 0 Å². The van der Waals surface area contributed by atoms with Crippen LogP contribution in [-0.2, 0) is 19.1 Å². The van der Waals surface area contributed by atoms with Gasteiger partial charge in [-0.15, -0.1) is 0 Å². The zero-order valence-electron chi connectivity index (χ0n) is 54.2. The Morgan fingerprint density at radius 1 is 0.267 bits per heavy atom. The Kier molecular flexibility index (Phi) is 67.6. The molecule has 0 aliphatic carbocycles. The summed E-state index contributed by atoms with van der Waals surface area (Å²) in [5, 5.41) is 9.69. The summed E-state index contributed by atoms with van der Waals surface area (Å²) in [5.41, 5.74) is 0. The summed E-state index contributed by atoms with van der Waals surface area (Å²) in [7, 11) is 0. The first-order valence-electron chi connectivity index (χ1n) is 33.6. The smallest absolute Gasteiger partial charge is 0.306 e. The van der Waals surface area contributed by atoms with Gasteiger partial charge in [0.15, 0.2) is 6.10 Å². The van der Waals surface area contributed by atoms with E-state index in [1.807, 2.05) is 0 Å². The highest BCUT2D eigenvalue weighted by atomic mass is 16.6. The van der Waals surface area contributed by atoms with E-state index in [0.29, 0.717) is 12.8 Å². The fourth-order valence-corrected chi connectivity index (χ4v) is 8.20. The van der Waals surface area contributed by atoms with Crippen LogP contribution in [0, 0.1) is 0 Å². The lowest BCUT2D eigenvalue weighted by Gasteiger charge is -2.15. The fourth-order valence-electron chi connectivity index (χ4n) is 8.20. The second kappa shape index (κ2) is 73.0. The van der Waals surface area contributed by atoms with Gasteiger partial charge in [-0.3, -0.25) is 9.59 Å². The molecule has 86 heavy (non-hydrogen) atoms. The molecular weight excluding hydrogens is 1050 g/mol. The average Bonchev–Trinajstić information content (AvgIpc) is 3.55. The van der Waals surface area contributed by atoms with Gasteiger partial charge in [0.05, 0.1) is 6.61 Å². The maximum absolute atomic E-state index is 12.4. The minimum atomic E-state index is -0.813. The Morgan fingerprint density at radius 2 is 0.465 bits per heavy atom. The number of unbranched alkanes of at least 4 members (excludes halogenated alkanes) is 10. The largest absolute Gasteiger partial charge is 0.462 e. The van der Waals surface area contributed by atoms with Crippen LogP contribution in [0.25, 0.3) is 0 Å². The lowest BCUT2D eigenvalue weighted by molar-refractivity contribution is -0.161. The number of allylic oxidation sites excluding steroid dienone is 40. The number of rotatable bonds is 58. The van der Waals surface area contributed by atoms with Gasteiger partial charge in [0.2, 0.25) is 0 Å². The number of carbonyl (C=O) groups excluding carboxylic acids is 2. The molecular formula is C81H120O5. The van der Waals surface area contributed by atoms with E-state index in [1.165, 1.54) is 0 Å². The molecule has 1 atom stereocenters. The summed E-state index contributed by atoms with van der Waals surface area (Å²) in [5.74, 6) is -0.656. The van der Waals surface area contributed by atoms with E-state index in [2.05, 4.69) is 257 Å². The van der Waals surface area contributed by atoms with Crippen molar-refractivity contribution in [3.8, 4) is 0 Å². The lowest BCUT2D eigenvalue weighted by atomic mass is 10.1. The van der Waals surface area contributed by atoms with Crippen molar-refractivity contribution in [1.82, 2.24) is 0 Å². The molecule has 5 heteroatoms. The number of hydrogen-bond donors (Lipinski definition) is 1. The van der Waals surface area contributed by atoms with Crippen LogP contribution >= 0.6 is 0 Å². The number of aliphatic hydroxyl groups excluding tert-OH is 1. The van der Waals surface area contributed by atoms with Crippen LogP contribution in [-0.4, -0.2) is 36.4 Å². The van der Waals surface area contributed by atoms with Crippen LogP contribution in [0.1, 0.15) is 232 Å². The van der Waals surface area contributed by atoms with E-state index in [4.69, 9.17) is 9.47 Å². The molecule has 5 nitrogen and oxygen atoms in total. The Labute approximate surface area is 527 Å².